The summed E-state index contributed by atoms with van der Waals surface area (Å²) in [5.74, 6) is 0.189. The van der Waals surface area contributed by atoms with Crippen LogP contribution in [0.1, 0.15) is 36.2 Å². The number of nitrogens with zero attached hydrogens (tertiary/aromatic N) is 4. The van der Waals surface area contributed by atoms with Gasteiger partial charge in [-0.1, -0.05) is 37.3 Å². The average Bonchev–Trinajstić information content (AvgIpc) is 3.08. The monoisotopic (exact) mass is 369 g/mol. The lowest BCUT2D eigenvalue weighted by molar-refractivity contribution is -0.121. The van der Waals surface area contributed by atoms with Gasteiger partial charge in [-0.05, 0) is 17.5 Å². The van der Waals surface area contributed by atoms with Crippen LogP contribution in [0.5, 0.6) is 0 Å². The lowest BCUT2D eigenvalue weighted by atomic mass is 9.97. The molecule has 0 bridgehead atoms. The van der Waals surface area contributed by atoms with E-state index in [1.165, 1.54) is 0 Å². The van der Waals surface area contributed by atoms with Crippen molar-refractivity contribution in [1.29, 1.82) is 0 Å². The number of carbonyl (C=O) groups excluding carboxylic acids is 2. The molecular weight excluding hydrogens is 342 g/mol. The van der Waals surface area contributed by atoms with Gasteiger partial charge in [0.05, 0.1) is 31.0 Å². The third-order valence-corrected chi connectivity index (χ3v) is 4.83. The van der Waals surface area contributed by atoms with E-state index >= 15 is 0 Å². The molecule has 0 aliphatic carbocycles. The van der Waals surface area contributed by atoms with Crippen molar-refractivity contribution in [1.82, 2.24) is 24.9 Å². The Labute approximate surface area is 159 Å². The highest BCUT2D eigenvalue weighted by Crippen LogP contribution is 2.18. The zero-order valence-electron chi connectivity index (χ0n) is 16.2. The molecule has 0 fully saturated rings. The molecule has 1 N–H and O–H groups in total. The number of aromatic nitrogens is 2. The number of hydrogen-bond donors (Lipinski definition) is 1. The Balaban J connectivity index is 1.52. The predicted octanol–water partition coefficient (Wildman–Crippen LogP) is 2.19. The normalized spacial score (nSPS) is 14.4. The van der Waals surface area contributed by atoms with Gasteiger partial charge in [-0.2, -0.15) is 5.10 Å². The molecule has 2 aromatic rings. The van der Waals surface area contributed by atoms with Crippen molar-refractivity contribution in [2.24, 2.45) is 0 Å². The third-order valence-electron chi connectivity index (χ3n) is 4.83. The molecule has 1 atom stereocenters. The van der Waals surface area contributed by atoms with E-state index in [0.29, 0.717) is 32.6 Å². The SMILES string of the molecule is C[C@H](CC(=O)NCc1cc2n(n1)CCN(C(=O)N(C)C)C2)c1ccccc1. The van der Waals surface area contributed by atoms with Gasteiger partial charge in [0.15, 0.2) is 0 Å². The molecule has 3 amide bonds. The van der Waals surface area contributed by atoms with Crippen LogP contribution < -0.4 is 5.32 Å². The van der Waals surface area contributed by atoms with Crippen LogP contribution in [0.25, 0.3) is 0 Å². The van der Waals surface area contributed by atoms with Gasteiger partial charge in [0, 0.05) is 27.1 Å². The molecule has 1 aliphatic heterocycles. The topological polar surface area (TPSA) is 70.5 Å². The van der Waals surface area contributed by atoms with E-state index < -0.39 is 0 Å². The molecule has 1 aromatic carbocycles. The first-order valence-electron chi connectivity index (χ1n) is 9.27. The highest BCUT2D eigenvalue weighted by Gasteiger charge is 2.23. The van der Waals surface area contributed by atoms with E-state index in [0.717, 1.165) is 17.0 Å². The molecular formula is C20H27N5O2. The fraction of sp³-hybridized carbons (Fsp3) is 0.450. The van der Waals surface area contributed by atoms with E-state index in [1.807, 2.05) is 41.1 Å². The summed E-state index contributed by atoms with van der Waals surface area (Å²) in [6, 6.07) is 12.0. The smallest absolute Gasteiger partial charge is 0.319 e. The molecule has 3 rings (SSSR count). The molecule has 0 saturated carbocycles. The molecule has 144 valence electrons. The maximum atomic E-state index is 12.3. The van der Waals surface area contributed by atoms with E-state index in [9.17, 15) is 9.59 Å². The number of fused-ring (bicyclic) bond motifs is 1. The minimum absolute atomic E-state index is 0.00667. The van der Waals surface area contributed by atoms with Gasteiger partial charge in [0.1, 0.15) is 0 Å². The lowest BCUT2D eigenvalue weighted by Gasteiger charge is -2.29. The van der Waals surface area contributed by atoms with Crippen LogP contribution in [0.3, 0.4) is 0 Å². The second-order valence-corrected chi connectivity index (χ2v) is 7.24. The Hall–Kier alpha value is -2.83. The van der Waals surface area contributed by atoms with Crippen LogP contribution in [-0.2, 0) is 24.4 Å². The lowest BCUT2D eigenvalue weighted by Crippen LogP contribution is -2.43. The quantitative estimate of drug-likeness (QED) is 0.878. The largest absolute Gasteiger partial charge is 0.350 e. The second-order valence-electron chi connectivity index (χ2n) is 7.24. The summed E-state index contributed by atoms with van der Waals surface area (Å²) in [4.78, 5) is 27.8. The first kappa shape index (κ1) is 18.9. The van der Waals surface area contributed by atoms with Crippen LogP contribution >= 0.6 is 0 Å². The Bertz CT molecular complexity index is 800. The molecule has 7 heteroatoms. The molecule has 1 aromatic heterocycles. The summed E-state index contributed by atoms with van der Waals surface area (Å²) in [5.41, 5.74) is 2.99. The first-order chi connectivity index (χ1) is 12.9. The zero-order chi connectivity index (χ0) is 19.4. The van der Waals surface area contributed by atoms with Gasteiger partial charge >= 0.3 is 6.03 Å². The Morgan fingerprint density at radius 2 is 1.96 bits per heavy atom. The minimum atomic E-state index is 0.00667. The summed E-state index contributed by atoms with van der Waals surface area (Å²) in [6.45, 7) is 4.32. The second kappa shape index (κ2) is 8.24. The number of urea groups is 1. The zero-order valence-corrected chi connectivity index (χ0v) is 16.2. The molecule has 1 aliphatic rings. The molecule has 0 spiro atoms. The molecule has 0 saturated heterocycles. The van der Waals surface area contributed by atoms with Gasteiger partial charge in [0.25, 0.3) is 0 Å². The minimum Gasteiger partial charge on any atom is -0.350 e. The first-order valence-corrected chi connectivity index (χ1v) is 9.27. The number of carbonyl (C=O) groups is 2. The van der Waals surface area contributed by atoms with Crippen LogP contribution in [0.2, 0.25) is 0 Å². The number of benzene rings is 1. The predicted molar refractivity (Wildman–Crippen MR) is 103 cm³/mol. The molecule has 7 nitrogen and oxygen atoms in total. The highest BCUT2D eigenvalue weighted by atomic mass is 16.2. The summed E-state index contributed by atoms with van der Waals surface area (Å²) < 4.78 is 1.92. The van der Waals surface area contributed by atoms with Gasteiger partial charge in [-0.3, -0.25) is 9.48 Å². The number of nitrogens with one attached hydrogen (secondary N) is 1. The van der Waals surface area contributed by atoms with Crippen molar-refractivity contribution in [2.45, 2.75) is 38.9 Å². The molecule has 27 heavy (non-hydrogen) atoms. The maximum Gasteiger partial charge on any atom is 0.319 e. The van der Waals surface area contributed by atoms with E-state index in [4.69, 9.17) is 0 Å². The van der Waals surface area contributed by atoms with Crippen molar-refractivity contribution in [3.05, 3.63) is 53.3 Å². The number of rotatable bonds is 5. The number of hydrogen-bond acceptors (Lipinski definition) is 3. The van der Waals surface area contributed by atoms with Crippen molar-refractivity contribution < 1.29 is 9.59 Å². The summed E-state index contributed by atoms with van der Waals surface area (Å²) >= 11 is 0. The van der Waals surface area contributed by atoms with Crippen molar-refractivity contribution in [2.75, 3.05) is 20.6 Å². The van der Waals surface area contributed by atoms with E-state index in [-0.39, 0.29) is 17.9 Å². The van der Waals surface area contributed by atoms with Crippen molar-refractivity contribution in [3.8, 4) is 0 Å². The van der Waals surface area contributed by atoms with Crippen LogP contribution in [0.15, 0.2) is 36.4 Å². The van der Waals surface area contributed by atoms with Crippen molar-refractivity contribution in [3.63, 3.8) is 0 Å². The Morgan fingerprint density at radius 3 is 2.67 bits per heavy atom. The van der Waals surface area contributed by atoms with E-state index in [2.05, 4.69) is 17.3 Å². The maximum absolute atomic E-state index is 12.3. The summed E-state index contributed by atoms with van der Waals surface area (Å²) in [7, 11) is 3.51. The standard InChI is InChI=1S/C20H27N5O2/c1-15(16-7-5-4-6-8-16)11-19(26)21-13-17-12-18-14-24(20(27)23(2)3)9-10-25(18)22-17/h4-8,12,15H,9-11,13-14H2,1-3H3,(H,21,26)/t15-/m1/s1. The fourth-order valence-corrected chi connectivity index (χ4v) is 3.30. The van der Waals surface area contributed by atoms with Gasteiger partial charge < -0.3 is 15.1 Å². The van der Waals surface area contributed by atoms with Crippen LogP contribution in [-0.4, -0.2) is 52.2 Å². The average molecular weight is 369 g/mol. The molecule has 0 radical (unpaired) electrons. The molecule has 2 heterocycles. The van der Waals surface area contributed by atoms with Gasteiger partial charge in [0.2, 0.25) is 5.91 Å². The Kier molecular flexibility index (Phi) is 5.78. The van der Waals surface area contributed by atoms with Gasteiger partial charge in [-0.15, -0.1) is 0 Å². The van der Waals surface area contributed by atoms with Gasteiger partial charge in [-0.25, -0.2) is 4.79 Å². The molecule has 0 unspecified atom stereocenters. The fourth-order valence-electron chi connectivity index (χ4n) is 3.30. The van der Waals surface area contributed by atoms with Crippen molar-refractivity contribution >= 4 is 11.9 Å². The number of amides is 3. The van der Waals surface area contributed by atoms with Crippen LogP contribution in [0, 0.1) is 0 Å². The third kappa shape index (κ3) is 4.67. The summed E-state index contributed by atoms with van der Waals surface area (Å²) in [6.07, 6.45) is 0.447. The summed E-state index contributed by atoms with van der Waals surface area (Å²) in [5, 5.41) is 7.51. The van der Waals surface area contributed by atoms with E-state index in [1.54, 1.807) is 23.9 Å². The highest BCUT2D eigenvalue weighted by molar-refractivity contribution is 5.76. The van der Waals surface area contributed by atoms with Crippen LogP contribution in [0.4, 0.5) is 4.79 Å². The Morgan fingerprint density at radius 1 is 1.22 bits per heavy atom.